The molecule has 6 heteroatoms. The zero-order chi connectivity index (χ0) is 21.1. The summed E-state index contributed by atoms with van der Waals surface area (Å²) < 4.78 is 6.19. The zero-order valence-electron chi connectivity index (χ0n) is 17.3. The molecule has 0 aromatic heterocycles. The van der Waals surface area contributed by atoms with E-state index in [-0.39, 0.29) is 12.0 Å². The summed E-state index contributed by atoms with van der Waals surface area (Å²) in [6, 6.07) is 13.1. The van der Waals surface area contributed by atoms with Crippen molar-refractivity contribution in [1.29, 1.82) is 0 Å². The number of rotatable bonds is 7. The molecule has 2 fully saturated rings. The van der Waals surface area contributed by atoms with Crippen molar-refractivity contribution < 1.29 is 9.53 Å². The van der Waals surface area contributed by atoms with Crippen molar-refractivity contribution in [1.82, 2.24) is 9.80 Å². The Bertz CT molecular complexity index is 875. The largest absolute Gasteiger partial charge is 0.489 e. The van der Waals surface area contributed by atoms with Crippen LogP contribution in [0.4, 0.5) is 0 Å². The van der Waals surface area contributed by atoms with Gasteiger partial charge in [-0.15, -0.1) is 0 Å². The van der Waals surface area contributed by atoms with Crippen LogP contribution in [-0.2, 0) is 6.54 Å². The average molecular weight is 447 g/mol. The summed E-state index contributed by atoms with van der Waals surface area (Å²) >= 11 is 12.5. The molecule has 2 aromatic rings. The highest BCUT2D eigenvalue weighted by Crippen LogP contribution is 2.36. The number of ether oxygens (including phenoxy) is 1. The number of halogens is 2. The zero-order valence-corrected chi connectivity index (χ0v) is 18.8. The molecular weight excluding hydrogens is 419 g/mol. The summed E-state index contributed by atoms with van der Waals surface area (Å²) in [6.45, 7) is 3.91. The first-order valence-electron chi connectivity index (χ1n) is 10.7. The lowest BCUT2D eigenvalue weighted by Gasteiger charge is -2.37. The number of benzene rings is 2. The van der Waals surface area contributed by atoms with E-state index in [4.69, 9.17) is 27.9 Å². The van der Waals surface area contributed by atoms with Gasteiger partial charge >= 0.3 is 0 Å². The van der Waals surface area contributed by atoms with E-state index >= 15 is 0 Å². The minimum atomic E-state index is 0.0219. The molecule has 4 rings (SSSR count). The van der Waals surface area contributed by atoms with Crippen molar-refractivity contribution in [3.8, 4) is 5.75 Å². The van der Waals surface area contributed by atoms with E-state index in [0.717, 1.165) is 55.4 Å². The molecule has 30 heavy (non-hydrogen) atoms. The fourth-order valence-corrected chi connectivity index (χ4v) is 4.69. The number of carbonyl (C=O) groups excluding carboxylic acids is 1. The molecule has 4 nitrogen and oxygen atoms in total. The smallest absolute Gasteiger partial charge is 0.253 e. The standard InChI is InChI=1S/C24H28Cl2N2O2/c1-27(24(29)18-7-9-20(25)10-8-18)15-17-13-21(14-17)30-22-6-4-5-19(23(22)26)16-28-11-2-3-12-28/h4-10,17,21H,2-3,11-16H2,1H3. The van der Waals surface area contributed by atoms with Crippen LogP contribution in [0.25, 0.3) is 0 Å². The van der Waals surface area contributed by atoms with Crippen LogP contribution >= 0.6 is 23.2 Å². The van der Waals surface area contributed by atoms with Crippen LogP contribution < -0.4 is 4.74 Å². The van der Waals surface area contributed by atoms with Gasteiger partial charge in [0.25, 0.3) is 5.91 Å². The van der Waals surface area contributed by atoms with E-state index in [1.807, 2.05) is 19.2 Å². The topological polar surface area (TPSA) is 32.8 Å². The molecule has 1 aliphatic heterocycles. The van der Waals surface area contributed by atoms with Gasteiger partial charge in [0.15, 0.2) is 0 Å². The van der Waals surface area contributed by atoms with Crippen molar-refractivity contribution in [2.45, 2.75) is 38.3 Å². The molecule has 1 aliphatic carbocycles. The maximum absolute atomic E-state index is 12.6. The van der Waals surface area contributed by atoms with Crippen LogP contribution in [0, 0.1) is 5.92 Å². The van der Waals surface area contributed by atoms with Gasteiger partial charge in [-0.2, -0.15) is 0 Å². The number of carbonyl (C=O) groups is 1. The second-order valence-electron chi connectivity index (χ2n) is 8.48. The van der Waals surface area contributed by atoms with Gasteiger partial charge in [0, 0.05) is 30.7 Å². The first kappa shape index (κ1) is 21.5. The maximum Gasteiger partial charge on any atom is 0.253 e. The number of hydrogen-bond donors (Lipinski definition) is 0. The highest BCUT2D eigenvalue weighted by molar-refractivity contribution is 6.32. The number of hydrogen-bond acceptors (Lipinski definition) is 3. The van der Waals surface area contributed by atoms with E-state index in [1.54, 1.807) is 29.2 Å². The molecule has 0 spiro atoms. The van der Waals surface area contributed by atoms with E-state index in [0.29, 0.717) is 16.5 Å². The van der Waals surface area contributed by atoms with Gasteiger partial charge < -0.3 is 9.64 Å². The van der Waals surface area contributed by atoms with Crippen molar-refractivity contribution >= 4 is 29.1 Å². The predicted octanol–water partition coefficient (Wildman–Crippen LogP) is 5.52. The van der Waals surface area contributed by atoms with E-state index < -0.39 is 0 Å². The molecule has 0 bridgehead atoms. The highest BCUT2D eigenvalue weighted by atomic mass is 35.5. The minimum absolute atomic E-state index is 0.0219. The van der Waals surface area contributed by atoms with Crippen LogP contribution in [0.15, 0.2) is 42.5 Å². The Morgan fingerprint density at radius 2 is 1.80 bits per heavy atom. The fourth-order valence-electron chi connectivity index (χ4n) is 4.33. The molecule has 0 N–H and O–H groups in total. The number of nitrogens with zero attached hydrogens (tertiary/aromatic N) is 2. The molecule has 2 aliphatic rings. The van der Waals surface area contributed by atoms with E-state index in [9.17, 15) is 4.79 Å². The third-order valence-corrected chi connectivity index (χ3v) is 6.77. The molecule has 1 saturated heterocycles. The lowest BCUT2D eigenvalue weighted by Crippen LogP contribution is -2.42. The summed E-state index contributed by atoms with van der Waals surface area (Å²) in [4.78, 5) is 16.8. The summed E-state index contributed by atoms with van der Waals surface area (Å²) in [5.41, 5.74) is 1.80. The van der Waals surface area contributed by atoms with Gasteiger partial charge in [0.1, 0.15) is 5.75 Å². The molecule has 1 heterocycles. The van der Waals surface area contributed by atoms with Gasteiger partial charge in [-0.1, -0.05) is 35.3 Å². The van der Waals surface area contributed by atoms with Crippen LogP contribution in [0.3, 0.4) is 0 Å². The second kappa shape index (κ2) is 9.59. The van der Waals surface area contributed by atoms with Gasteiger partial charge in [0.2, 0.25) is 0 Å². The third-order valence-electron chi connectivity index (χ3n) is 6.09. The van der Waals surface area contributed by atoms with Crippen molar-refractivity contribution in [2.75, 3.05) is 26.7 Å². The summed E-state index contributed by atoms with van der Waals surface area (Å²) in [5.74, 6) is 1.25. The molecule has 0 atom stereocenters. The molecule has 2 aromatic carbocycles. The first-order valence-corrected chi connectivity index (χ1v) is 11.4. The Morgan fingerprint density at radius 1 is 1.10 bits per heavy atom. The third kappa shape index (κ3) is 5.11. The summed E-state index contributed by atoms with van der Waals surface area (Å²) in [7, 11) is 1.85. The molecule has 1 saturated carbocycles. The van der Waals surface area contributed by atoms with Crippen molar-refractivity contribution in [3.63, 3.8) is 0 Å². The monoisotopic (exact) mass is 446 g/mol. The quantitative estimate of drug-likeness (QED) is 0.561. The molecule has 1 amide bonds. The highest BCUT2D eigenvalue weighted by Gasteiger charge is 2.33. The van der Waals surface area contributed by atoms with Gasteiger partial charge in [0.05, 0.1) is 11.1 Å². The van der Waals surface area contributed by atoms with Crippen molar-refractivity contribution in [2.24, 2.45) is 5.92 Å². The minimum Gasteiger partial charge on any atom is -0.489 e. The Hall–Kier alpha value is -1.75. The van der Waals surface area contributed by atoms with Gasteiger partial charge in [-0.3, -0.25) is 9.69 Å². The SMILES string of the molecule is CN(CC1CC(Oc2cccc(CN3CCCC3)c2Cl)C1)C(=O)c1ccc(Cl)cc1. The Labute approximate surface area is 188 Å². The fraction of sp³-hybridized carbons (Fsp3) is 0.458. The average Bonchev–Trinajstić information content (AvgIpc) is 3.22. The molecule has 160 valence electrons. The van der Waals surface area contributed by atoms with E-state index in [2.05, 4.69) is 11.0 Å². The Morgan fingerprint density at radius 3 is 2.50 bits per heavy atom. The molecular formula is C24H28Cl2N2O2. The van der Waals surface area contributed by atoms with Crippen LogP contribution in [0.2, 0.25) is 10.0 Å². The number of likely N-dealkylation sites (tertiary alicyclic amines) is 1. The normalized spacial score (nSPS) is 21.3. The second-order valence-corrected chi connectivity index (χ2v) is 9.30. The van der Waals surface area contributed by atoms with E-state index in [1.165, 1.54) is 12.8 Å². The van der Waals surface area contributed by atoms with Crippen LogP contribution in [0.5, 0.6) is 5.75 Å². The summed E-state index contributed by atoms with van der Waals surface area (Å²) in [5, 5.41) is 1.37. The van der Waals surface area contributed by atoms with Crippen LogP contribution in [-0.4, -0.2) is 48.5 Å². The maximum atomic E-state index is 12.6. The predicted molar refractivity (Wildman–Crippen MR) is 122 cm³/mol. The lowest BCUT2D eigenvalue weighted by molar-refractivity contribution is 0.0419. The lowest BCUT2D eigenvalue weighted by atomic mass is 9.82. The number of amides is 1. The van der Waals surface area contributed by atoms with Crippen molar-refractivity contribution in [3.05, 3.63) is 63.6 Å². The van der Waals surface area contributed by atoms with Gasteiger partial charge in [-0.25, -0.2) is 0 Å². The molecule has 0 radical (unpaired) electrons. The van der Waals surface area contributed by atoms with Crippen LogP contribution in [0.1, 0.15) is 41.6 Å². The Kier molecular flexibility index (Phi) is 6.87. The first-order chi connectivity index (χ1) is 14.5. The summed E-state index contributed by atoms with van der Waals surface area (Å²) in [6.07, 6.45) is 4.57. The Balaban J connectivity index is 1.26. The van der Waals surface area contributed by atoms with Gasteiger partial charge in [-0.05, 0) is 80.6 Å². The molecule has 0 unspecified atom stereocenters.